The van der Waals surface area contributed by atoms with Crippen molar-refractivity contribution in [2.75, 3.05) is 13.1 Å². The summed E-state index contributed by atoms with van der Waals surface area (Å²) in [7, 11) is 0. The Kier molecular flexibility index (Phi) is 6.57. The summed E-state index contributed by atoms with van der Waals surface area (Å²) in [6.07, 6.45) is 3.69. The van der Waals surface area contributed by atoms with Crippen LogP contribution in [0, 0.1) is 5.92 Å². The van der Waals surface area contributed by atoms with Crippen molar-refractivity contribution in [3.05, 3.63) is 35.4 Å². The fraction of sp³-hybridized carbons (Fsp3) is 0.667. The lowest BCUT2D eigenvalue weighted by Crippen LogP contribution is -2.22. The molecule has 1 aromatic rings. The first kappa shape index (κ1) is 16.2. The lowest BCUT2D eigenvalue weighted by atomic mass is 9.86. The quantitative estimate of drug-likeness (QED) is 0.710. The monoisotopic (exact) mass is 261 g/mol. The standard InChI is InChI=1S/C18H31N/c1-6-13-19-14-15(2)7-8-16-9-11-17(12-10-16)18(3,4)5/h9-12,15,19H,6-8,13-14H2,1-5H3. The molecule has 0 spiro atoms. The maximum Gasteiger partial charge on any atom is -0.00230 e. The zero-order chi connectivity index (χ0) is 14.3. The van der Waals surface area contributed by atoms with Gasteiger partial charge in [0.05, 0.1) is 0 Å². The van der Waals surface area contributed by atoms with Gasteiger partial charge < -0.3 is 5.32 Å². The normalized spacial score (nSPS) is 13.5. The second-order valence-corrected chi connectivity index (χ2v) is 6.79. The Balaban J connectivity index is 2.37. The molecule has 0 heterocycles. The van der Waals surface area contributed by atoms with E-state index in [9.17, 15) is 0 Å². The van der Waals surface area contributed by atoms with E-state index in [1.807, 2.05) is 0 Å². The van der Waals surface area contributed by atoms with Gasteiger partial charge in [-0.15, -0.1) is 0 Å². The number of aryl methyl sites for hydroxylation is 1. The molecule has 0 saturated carbocycles. The summed E-state index contributed by atoms with van der Waals surface area (Å²) in [6.45, 7) is 13.6. The first-order valence-corrected chi connectivity index (χ1v) is 7.73. The molecule has 1 atom stereocenters. The molecule has 1 N–H and O–H groups in total. The number of nitrogens with one attached hydrogen (secondary N) is 1. The Morgan fingerprint density at radius 2 is 1.74 bits per heavy atom. The van der Waals surface area contributed by atoms with Crippen molar-refractivity contribution in [3.63, 3.8) is 0 Å². The summed E-state index contributed by atoms with van der Waals surface area (Å²) < 4.78 is 0. The first-order valence-electron chi connectivity index (χ1n) is 7.73. The third-order valence-electron chi connectivity index (χ3n) is 3.67. The molecule has 19 heavy (non-hydrogen) atoms. The van der Waals surface area contributed by atoms with Crippen LogP contribution in [0.3, 0.4) is 0 Å². The average molecular weight is 261 g/mol. The van der Waals surface area contributed by atoms with Crippen molar-refractivity contribution in [2.24, 2.45) is 5.92 Å². The van der Waals surface area contributed by atoms with Crippen molar-refractivity contribution in [1.29, 1.82) is 0 Å². The van der Waals surface area contributed by atoms with E-state index in [2.05, 4.69) is 64.2 Å². The van der Waals surface area contributed by atoms with Crippen LogP contribution in [-0.4, -0.2) is 13.1 Å². The molecule has 0 saturated heterocycles. The molecule has 0 bridgehead atoms. The number of benzene rings is 1. The van der Waals surface area contributed by atoms with Crippen molar-refractivity contribution in [1.82, 2.24) is 5.32 Å². The molecule has 0 amide bonds. The molecule has 1 rings (SSSR count). The third kappa shape index (κ3) is 6.24. The van der Waals surface area contributed by atoms with Gasteiger partial charge in [0.25, 0.3) is 0 Å². The minimum atomic E-state index is 0.260. The maximum absolute atomic E-state index is 3.50. The van der Waals surface area contributed by atoms with Crippen molar-refractivity contribution in [2.45, 2.75) is 59.3 Å². The number of hydrogen-bond donors (Lipinski definition) is 1. The van der Waals surface area contributed by atoms with Crippen LogP contribution in [0.25, 0.3) is 0 Å². The third-order valence-corrected chi connectivity index (χ3v) is 3.67. The van der Waals surface area contributed by atoms with Crippen LogP contribution in [-0.2, 0) is 11.8 Å². The average Bonchev–Trinajstić information content (AvgIpc) is 2.36. The fourth-order valence-corrected chi connectivity index (χ4v) is 2.21. The maximum atomic E-state index is 3.50. The summed E-state index contributed by atoms with van der Waals surface area (Å²) >= 11 is 0. The van der Waals surface area contributed by atoms with Gasteiger partial charge in [-0.3, -0.25) is 0 Å². The van der Waals surface area contributed by atoms with Crippen molar-refractivity contribution in [3.8, 4) is 0 Å². The molecule has 1 aromatic carbocycles. The molecule has 0 fully saturated rings. The van der Waals surface area contributed by atoms with Gasteiger partial charge in [0.2, 0.25) is 0 Å². The van der Waals surface area contributed by atoms with Gasteiger partial charge in [-0.05, 0) is 54.8 Å². The summed E-state index contributed by atoms with van der Waals surface area (Å²) in [5.74, 6) is 0.758. The predicted molar refractivity (Wildman–Crippen MR) is 85.8 cm³/mol. The van der Waals surface area contributed by atoms with Crippen molar-refractivity contribution >= 4 is 0 Å². The SMILES string of the molecule is CCCNCC(C)CCc1ccc(C(C)(C)C)cc1. The Morgan fingerprint density at radius 1 is 1.11 bits per heavy atom. The number of hydrogen-bond acceptors (Lipinski definition) is 1. The summed E-state index contributed by atoms with van der Waals surface area (Å²) in [5.41, 5.74) is 3.15. The molecule has 0 aliphatic carbocycles. The predicted octanol–water partition coefficient (Wildman–Crippen LogP) is 4.55. The minimum absolute atomic E-state index is 0.260. The lowest BCUT2D eigenvalue weighted by Gasteiger charge is -2.19. The molecule has 0 aromatic heterocycles. The summed E-state index contributed by atoms with van der Waals surface area (Å²) in [5, 5.41) is 3.50. The second-order valence-electron chi connectivity index (χ2n) is 6.79. The van der Waals surface area contributed by atoms with Crippen LogP contribution in [0.1, 0.15) is 58.6 Å². The van der Waals surface area contributed by atoms with Crippen LogP contribution >= 0.6 is 0 Å². The smallest absolute Gasteiger partial charge is 0.00230 e. The van der Waals surface area contributed by atoms with Crippen molar-refractivity contribution < 1.29 is 0 Å². The topological polar surface area (TPSA) is 12.0 Å². The first-order chi connectivity index (χ1) is 8.93. The van der Waals surface area contributed by atoms with E-state index in [1.54, 1.807) is 0 Å². The molecular formula is C18H31N. The van der Waals surface area contributed by atoms with Gasteiger partial charge in [-0.25, -0.2) is 0 Å². The highest BCUT2D eigenvalue weighted by atomic mass is 14.8. The van der Waals surface area contributed by atoms with Crippen LogP contribution in [0.5, 0.6) is 0 Å². The second kappa shape index (κ2) is 7.69. The zero-order valence-corrected chi connectivity index (χ0v) is 13.4. The molecule has 0 aliphatic heterocycles. The van der Waals surface area contributed by atoms with Crippen LogP contribution in [0.4, 0.5) is 0 Å². The van der Waals surface area contributed by atoms with Gasteiger partial charge in [0.15, 0.2) is 0 Å². The molecule has 1 nitrogen and oxygen atoms in total. The van der Waals surface area contributed by atoms with E-state index in [4.69, 9.17) is 0 Å². The van der Waals surface area contributed by atoms with E-state index in [-0.39, 0.29) is 5.41 Å². The Bertz CT molecular complexity index is 345. The van der Waals surface area contributed by atoms with Gasteiger partial charge in [0, 0.05) is 0 Å². The van der Waals surface area contributed by atoms with Crippen LogP contribution in [0.2, 0.25) is 0 Å². The molecule has 0 aliphatic rings. The molecule has 0 radical (unpaired) electrons. The zero-order valence-electron chi connectivity index (χ0n) is 13.4. The van der Waals surface area contributed by atoms with Gasteiger partial charge >= 0.3 is 0 Å². The Morgan fingerprint density at radius 3 is 2.26 bits per heavy atom. The summed E-state index contributed by atoms with van der Waals surface area (Å²) in [4.78, 5) is 0. The van der Waals surface area contributed by atoms with Crippen LogP contribution < -0.4 is 5.32 Å². The van der Waals surface area contributed by atoms with Gasteiger partial charge in [-0.1, -0.05) is 58.9 Å². The largest absolute Gasteiger partial charge is 0.316 e. The van der Waals surface area contributed by atoms with E-state index in [0.29, 0.717) is 0 Å². The summed E-state index contributed by atoms with van der Waals surface area (Å²) in [6, 6.07) is 9.17. The molecular weight excluding hydrogens is 230 g/mol. The van der Waals surface area contributed by atoms with E-state index in [0.717, 1.165) is 19.0 Å². The number of rotatable bonds is 7. The minimum Gasteiger partial charge on any atom is -0.316 e. The van der Waals surface area contributed by atoms with E-state index >= 15 is 0 Å². The Hall–Kier alpha value is -0.820. The highest BCUT2D eigenvalue weighted by Crippen LogP contribution is 2.22. The highest BCUT2D eigenvalue weighted by molar-refractivity contribution is 5.27. The van der Waals surface area contributed by atoms with E-state index < -0.39 is 0 Å². The van der Waals surface area contributed by atoms with E-state index in [1.165, 1.54) is 30.4 Å². The Labute approximate surface area is 119 Å². The molecule has 108 valence electrons. The molecule has 1 heteroatoms. The highest BCUT2D eigenvalue weighted by Gasteiger charge is 2.12. The van der Waals surface area contributed by atoms with Gasteiger partial charge in [-0.2, -0.15) is 0 Å². The fourth-order valence-electron chi connectivity index (χ4n) is 2.21. The molecule has 1 unspecified atom stereocenters. The lowest BCUT2D eigenvalue weighted by molar-refractivity contribution is 0.481. The van der Waals surface area contributed by atoms with Gasteiger partial charge in [0.1, 0.15) is 0 Å². The van der Waals surface area contributed by atoms with Crippen LogP contribution in [0.15, 0.2) is 24.3 Å².